The summed E-state index contributed by atoms with van der Waals surface area (Å²) in [6.45, 7) is 3.77. The number of aliphatic imine (C=N–C) groups is 1. The van der Waals surface area contributed by atoms with Gasteiger partial charge in [0.15, 0.2) is 0 Å². The summed E-state index contributed by atoms with van der Waals surface area (Å²) >= 11 is 0. The first-order valence-corrected chi connectivity index (χ1v) is 6.71. The molecule has 0 aliphatic heterocycles. The highest BCUT2D eigenvalue weighted by Crippen LogP contribution is 2.10. The summed E-state index contributed by atoms with van der Waals surface area (Å²) in [6.07, 6.45) is 1.67. The van der Waals surface area contributed by atoms with Gasteiger partial charge < -0.3 is 14.4 Å². The van der Waals surface area contributed by atoms with Crippen LogP contribution in [0.4, 0.5) is 0 Å². The molecule has 6 nitrogen and oxygen atoms in total. The number of benzene rings is 1. The molecule has 0 heterocycles. The second-order valence-electron chi connectivity index (χ2n) is 4.00. The summed E-state index contributed by atoms with van der Waals surface area (Å²) < 4.78 is 10.5. The maximum absolute atomic E-state index is 11.7. The van der Waals surface area contributed by atoms with Gasteiger partial charge in [0.05, 0.1) is 13.2 Å². The van der Waals surface area contributed by atoms with Gasteiger partial charge in [0, 0.05) is 0 Å². The van der Waals surface area contributed by atoms with Crippen molar-refractivity contribution >= 4 is 12.0 Å². The summed E-state index contributed by atoms with van der Waals surface area (Å²) in [5.74, 6) is 5.61. The fourth-order valence-corrected chi connectivity index (χ4v) is 1.52. The number of carbonyl (C=O) groups excluding carboxylic acids is 1. The van der Waals surface area contributed by atoms with E-state index in [4.69, 9.17) is 14.7 Å². The first kappa shape index (κ1) is 17.1. The van der Waals surface area contributed by atoms with E-state index in [-0.39, 0.29) is 25.7 Å². The van der Waals surface area contributed by atoms with E-state index in [1.807, 2.05) is 6.07 Å². The number of amidine groups is 1. The Kier molecular flexibility index (Phi) is 7.63. The van der Waals surface area contributed by atoms with Gasteiger partial charge in [-0.1, -0.05) is 24.1 Å². The van der Waals surface area contributed by atoms with Gasteiger partial charge in [0.2, 0.25) is 6.19 Å². The quantitative estimate of drug-likeness (QED) is 0.272. The number of hydrogen-bond acceptors (Lipinski definition) is 5. The summed E-state index contributed by atoms with van der Waals surface area (Å²) in [6, 6.07) is 8.88. The molecule has 0 spiro atoms. The van der Waals surface area contributed by atoms with E-state index >= 15 is 0 Å². The maximum Gasteiger partial charge on any atom is 0.325 e. The highest BCUT2D eigenvalue weighted by Gasteiger charge is 2.18. The van der Waals surface area contributed by atoms with E-state index in [2.05, 4.69) is 16.8 Å². The minimum absolute atomic E-state index is 0.00417. The highest BCUT2D eigenvalue weighted by molar-refractivity contribution is 5.83. The Morgan fingerprint density at radius 2 is 2.09 bits per heavy atom. The lowest BCUT2D eigenvalue weighted by atomic mass is 10.3. The third kappa shape index (κ3) is 5.98. The van der Waals surface area contributed by atoms with E-state index in [9.17, 15) is 4.79 Å². The zero-order valence-corrected chi connectivity index (χ0v) is 12.6. The molecular weight excluding hydrogens is 282 g/mol. The lowest BCUT2D eigenvalue weighted by Crippen LogP contribution is -2.39. The second kappa shape index (κ2) is 9.84. The molecule has 0 aliphatic carbocycles. The first-order chi connectivity index (χ1) is 10.7. The average molecular weight is 299 g/mol. The van der Waals surface area contributed by atoms with Crippen LogP contribution >= 0.6 is 0 Å². The zero-order valence-electron chi connectivity index (χ0n) is 12.6. The Hall–Kier alpha value is -2.99. The maximum atomic E-state index is 11.7. The van der Waals surface area contributed by atoms with E-state index < -0.39 is 5.97 Å². The van der Waals surface area contributed by atoms with Gasteiger partial charge in [0.1, 0.15) is 12.3 Å². The molecule has 0 aliphatic rings. The molecule has 0 saturated heterocycles. The van der Waals surface area contributed by atoms with Gasteiger partial charge in [-0.15, -0.1) is 10.9 Å². The lowest BCUT2D eigenvalue weighted by Gasteiger charge is -2.21. The molecule has 114 valence electrons. The number of nitrogens with zero attached hydrogens (tertiary/aromatic N) is 3. The third-order valence-electron chi connectivity index (χ3n) is 2.44. The van der Waals surface area contributed by atoms with Gasteiger partial charge in [-0.2, -0.15) is 5.26 Å². The van der Waals surface area contributed by atoms with Crippen molar-refractivity contribution in [3.05, 3.63) is 30.3 Å². The van der Waals surface area contributed by atoms with Crippen LogP contribution in [0.15, 0.2) is 35.3 Å². The van der Waals surface area contributed by atoms with Crippen LogP contribution in [0, 0.1) is 23.3 Å². The Balaban J connectivity index is 2.93. The largest absolute Gasteiger partial charge is 0.465 e. The predicted octanol–water partition coefficient (Wildman–Crippen LogP) is 1.79. The molecule has 0 bridgehead atoms. The van der Waals surface area contributed by atoms with Gasteiger partial charge >= 0.3 is 12.0 Å². The topological polar surface area (TPSA) is 74.9 Å². The summed E-state index contributed by atoms with van der Waals surface area (Å²) in [4.78, 5) is 16.8. The summed E-state index contributed by atoms with van der Waals surface area (Å²) in [5.41, 5.74) is 0. The number of para-hydroxylation sites is 1. The standard InChI is InChI=1S/C16H17N3O3/c1-3-5-11-19(12-15(20)21-4-2)16(18-13-17)22-14-9-7-6-8-10-14/h6-10H,4,11-12H2,1-2H3. The Bertz CT molecular complexity index is 609. The van der Waals surface area contributed by atoms with Gasteiger partial charge in [0.25, 0.3) is 0 Å². The van der Waals surface area contributed by atoms with Crippen molar-refractivity contribution in [3.63, 3.8) is 0 Å². The molecular formula is C16H17N3O3. The van der Waals surface area contributed by atoms with Crippen molar-refractivity contribution in [3.8, 4) is 23.8 Å². The first-order valence-electron chi connectivity index (χ1n) is 6.71. The van der Waals surface area contributed by atoms with Crippen LogP contribution < -0.4 is 4.74 Å². The number of ether oxygens (including phenoxy) is 2. The lowest BCUT2D eigenvalue weighted by molar-refractivity contribution is -0.143. The molecule has 0 atom stereocenters. The van der Waals surface area contributed by atoms with Crippen LogP contribution in [0.25, 0.3) is 0 Å². The van der Waals surface area contributed by atoms with E-state index in [0.29, 0.717) is 5.75 Å². The summed E-state index contributed by atoms with van der Waals surface area (Å²) in [5, 5.41) is 8.83. The minimum Gasteiger partial charge on any atom is -0.465 e. The van der Waals surface area contributed by atoms with Crippen LogP contribution in [0.3, 0.4) is 0 Å². The van der Waals surface area contributed by atoms with E-state index in [1.54, 1.807) is 44.3 Å². The SMILES string of the molecule is CC#CCN(CC(=O)OCC)C(=NC#N)Oc1ccccc1. The molecule has 0 aromatic heterocycles. The molecule has 22 heavy (non-hydrogen) atoms. The molecule has 1 aromatic carbocycles. The van der Waals surface area contributed by atoms with Gasteiger partial charge in [-0.05, 0) is 26.0 Å². The van der Waals surface area contributed by atoms with E-state index in [0.717, 1.165) is 0 Å². The fraction of sp³-hybridized carbons (Fsp3) is 0.312. The molecule has 1 aromatic rings. The monoisotopic (exact) mass is 299 g/mol. The van der Waals surface area contributed by atoms with Crippen molar-refractivity contribution in [1.82, 2.24) is 4.90 Å². The van der Waals surface area contributed by atoms with Crippen LogP contribution in [-0.2, 0) is 9.53 Å². The smallest absolute Gasteiger partial charge is 0.325 e. The number of rotatable bonds is 5. The third-order valence-corrected chi connectivity index (χ3v) is 2.44. The van der Waals surface area contributed by atoms with Gasteiger partial charge in [-0.25, -0.2) is 0 Å². The Morgan fingerprint density at radius 1 is 1.36 bits per heavy atom. The Labute approximate surface area is 130 Å². The molecule has 0 N–H and O–H groups in total. The summed E-state index contributed by atoms with van der Waals surface area (Å²) in [7, 11) is 0. The molecule has 6 heteroatoms. The molecule has 0 saturated carbocycles. The van der Waals surface area contributed by atoms with Crippen LogP contribution in [0.2, 0.25) is 0 Å². The van der Waals surface area contributed by atoms with Crippen LogP contribution in [-0.4, -0.2) is 36.6 Å². The van der Waals surface area contributed by atoms with Crippen molar-refractivity contribution in [2.75, 3.05) is 19.7 Å². The van der Waals surface area contributed by atoms with Crippen molar-refractivity contribution < 1.29 is 14.3 Å². The number of nitriles is 1. The van der Waals surface area contributed by atoms with Crippen molar-refractivity contribution in [1.29, 1.82) is 5.26 Å². The van der Waals surface area contributed by atoms with Crippen molar-refractivity contribution in [2.24, 2.45) is 4.99 Å². The number of hydrogen-bond donors (Lipinski definition) is 0. The van der Waals surface area contributed by atoms with Crippen molar-refractivity contribution in [2.45, 2.75) is 13.8 Å². The molecule has 0 unspecified atom stereocenters. The van der Waals surface area contributed by atoms with Crippen LogP contribution in [0.1, 0.15) is 13.8 Å². The van der Waals surface area contributed by atoms with E-state index in [1.165, 1.54) is 4.90 Å². The molecule has 0 amide bonds. The average Bonchev–Trinajstić information content (AvgIpc) is 2.52. The zero-order chi connectivity index (χ0) is 16.2. The second-order valence-corrected chi connectivity index (χ2v) is 4.00. The predicted molar refractivity (Wildman–Crippen MR) is 81.8 cm³/mol. The number of esters is 1. The highest BCUT2D eigenvalue weighted by atomic mass is 16.5. The fourth-order valence-electron chi connectivity index (χ4n) is 1.52. The molecule has 1 rings (SSSR count). The molecule has 0 radical (unpaired) electrons. The minimum atomic E-state index is -0.442. The van der Waals surface area contributed by atoms with Crippen LogP contribution in [0.5, 0.6) is 5.75 Å². The number of carbonyl (C=O) groups is 1. The molecule has 0 fully saturated rings. The Morgan fingerprint density at radius 3 is 2.68 bits per heavy atom. The van der Waals surface area contributed by atoms with Gasteiger partial charge in [-0.3, -0.25) is 4.79 Å². The normalized spacial score (nSPS) is 9.95.